The summed E-state index contributed by atoms with van der Waals surface area (Å²) < 4.78 is 2.32. The van der Waals surface area contributed by atoms with Crippen molar-refractivity contribution in [1.82, 2.24) is 29.4 Å². The number of para-hydroxylation sites is 2. The first-order chi connectivity index (χ1) is 15.1. The summed E-state index contributed by atoms with van der Waals surface area (Å²) in [5.74, 6) is 2.80. The minimum Gasteiger partial charge on any atom is -0.327 e. The van der Waals surface area contributed by atoms with Crippen molar-refractivity contribution in [3.8, 4) is 0 Å². The van der Waals surface area contributed by atoms with Gasteiger partial charge >= 0.3 is 0 Å². The number of nitrogens with one attached hydrogen (secondary N) is 1. The van der Waals surface area contributed by atoms with Gasteiger partial charge in [-0.25, -0.2) is 19.9 Å². The molecule has 1 aliphatic heterocycles. The summed E-state index contributed by atoms with van der Waals surface area (Å²) in [6, 6.07) is 10.6. The number of fused-ring (bicyclic) bond motifs is 1. The highest BCUT2D eigenvalue weighted by Gasteiger charge is 2.30. The van der Waals surface area contributed by atoms with Crippen LogP contribution in [0.1, 0.15) is 48.0 Å². The van der Waals surface area contributed by atoms with Crippen molar-refractivity contribution >= 4 is 33.3 Å². The largest absolute Gasteiger partial charge is 0.327 e. The highest BCUT2D eigenvalue weighted by molar-refractivity contribution is 7.15. The zero-order chi connectivity index (χ0) is 21.4. The van der Waals surface area contributed by atoms with Gasteiger partial charge in [-0.1, -0.05) is 12.1 Å². The van der Waals surface area contributed by atoms with E-state index >= 15 is 0 Å². The standard InChI is InChI=1S/C23H27N7S/c1-4-30-18-9-6-5-8-17(18)26-21(30)14-29-11-7-10-19(29)22-25-15(2)12-20(27-22)28-23-24-13-16(3)31-23/h5-6,8-9,12-13,19H,4,7,10-11,14H2,1-3H3,(H,24,25,27,28). The van der Waals surface area contributed by atoms with Crippen LogP contribution in [0.4, 0.5) is 10.9 Å². The van der Waals surface area contributed by atoms with Gasteiger partial charge in [-0.2, -0.15) is 0 Å². The lowest BCUT2D eigenvalue weighted by atomic mass is 10.2. The summed E-state index contributed by atoms with van der Waals surface area (Å²) in [5, 5.41) is 4.21. The molecule has 1 aromatic carbocycles. The zero-order valence-electron chi connectivity index (χ0n) is 18.2. The molecule has 0 radical (unpaired) electrons. The molecule has 31 heavy (non-hydrogen) atoms. The van der Waals surface area contributed by atoms with Crippen molar-refractivity contribution in [2.24, 2.45) is 0 Å². The molecule has 4 aromatic rings. The maximum atomic E-state index is 4.93. The van der Waals surface area contributed by atoms with Gasteiger partial charge in [0.25, 0.3) is 0 Å². The van der Waals surface area contributed by atoms with Gasteiger partial charge in [-0.3, -0.25) is 4.90 Å². The molecule has 0 spiro atoms. The predicted molar refractivity (Wildman–Crippen MR) is 125 cm³/mol. The molecule has 1 atom stereocenters. The van der Waals surface area contributed by atoms with Crippen LogP contribution in [0.2, 0.25) is 0 Å². The van der Waals surface area contributed by atoms with Crippen molar-refractivity contribution in [2.75, 3.05) is 11.9 Å². The van der Waals surface area contributed by atoms with Crippen LogP contribution in [0.15, 0.2) is 36.5 Å². The van der Waals surface area contributed by atoms with Crippen molar-refractivity contribution in [2.45, 2.75) is 52.7 Å². The van der Waals surface area contributed by atoms with Crippen LogP contribution in [-0.2, 0) is 13.1 Å². The third-order valence-electron chi connectivity index (χ3n) is 5.78. The SMILES string of the molecule is CCn1c(CN2CCCC2c2nc(C)cc(Nc3ncc(C)s3)n2)nc2ccccc21. The van der Waals surface area contributed by atoms with E-state index in [0.29, 0.717) is 0 Å². The van der Waals surface area contributed by atoms with Crippen molar-refractivity contribution in [3.05, 3.63) is 58.7 Å². The number of likely N-dealkylation sites (tertiary alicyclic amines) is 1. The second-order valence-electron chi connectivity index (χ2n) is 8.04. The van der Waals surface area contributed by atoms with Gasteiger partial charge in [-0.05, 0) is 52.3 Å². The number of benzene rings is 1. The van der Waals surface area contributed by atoms with Crippen LogP contribution >= 0.6 is 11.3 Å². The van der Waals surface area contributed by atoms with Crippen LogP contribution in [0, 0.1) is 13.8 Å². The van der Waals surface area contributed by atoms with E-state index in [1.807, 2.05) is 19.2 Å². The first kappa shape index (κ1) is 20.1. The van der Waals surface area contributed by atoms with Crippen LogP contribution < -0.4 is 5.32 Å². The number of aryl methyl sites for hydroxylation is 3. The molecule has 5 rings (SSSR count). The molecule has 160 valence electrons. The average Bonchev–Trinajstić information content (AvgIpc) is 3.46. The normalized spacial score (nSPS) is 16.9. The fourth-order valence-electron chi connectivity index (χ4n) is 4.42. The Balaban J connectivity index is 1.42. The topological polar surface area (TPSA) is 71.8 Å². The molecule has 4 heterocycles. The van der Waals surface area contributed by atoms with E-state index in [9.17, 15) is 0 Å². The monoisotopic (exact) mass is 433 g/mol. The van der Waals surface area contributed by atoms with E-state index in [4.69, 9.17) is 15.0 Å². The Bertz CT molecular complexity index is 1210. The van der Waals surface area contributed by atoms with Crippen molar-refractivity contribution < 1.29 is 0 Å². The summed E-state index contributed by atoms with van der Waals surface area (Å²) in [6.45, 7) is 9.01. The van der Waals surface area contributed by atoms with Gasteiger partial charge in [-0.15, -0.1) is 11.3 Å². The predicted octanol–water partition coefficient (Wildman–Crippen LogP) is 5.00. The maximum Gasteiger partial charge on any atom is 0.188 e. The molecule has 1 saturated heterocycles. The highest BCUT2D eigenvalue weighted by atomic mass is 32.1. The fraction of sp³-hybridized carbons (Fsp3) is 0.391. The Morgan fingerprint density at radius 2 is 2.03 bits per heavy atom. The number of rotatable bonds is 6. The summed E-state index contributed by atoms with van der Waals surface area (Å²) in [4.78, 5) is 22.7. The lowest BCUT2D eigenvalue weighted by Crippen LogP contribution is -2.26. The van der Waals surface area contributed by atoms with Gasteiger partial charge in [0, 0.05) is 29.4 Å². The van der Waals surface area contributed by atoms with Crippen molar-refractivity contribution in [3.63, 3.8) is 0 Å². The van der Waals surface area contributed by atoms with Crippen molar-refractivity contribution in [1.29, 1.82) is 0 Å². The molecule has 7 nitrogen and oxygen atoms in total. The van der Waals surface area contributed by atoms with Gasteiger partial charge in [0.15, 0.2) is 5.13 Å². The van der Waals surface area contributed by atoms with E-state index in [0.717, 1.165) is 66.3 Å². The van der Waals surface area contributed by atoms with E-state index in [1.165, 1.54) is 10.4 Å². The summed E-state index contributed by atoms with van der Waals surface area (Å²) in [5.41, 5.74) is 3.23. The van der Waals surface area contributed by atoms with Crippen LogP contribution in [0.5, 0.6) is 0 Å². The third-order valence-corrected chi connectivity index (χ3v) is 6.61. The highest BCUT2D eigenvalue weighted by Crippen LogP contribution is 2.33. The van der Waals surface area contributed by atoms with Crippen LogP contribution in [0.25, 0.3) is 11.0 Å². The maximum absolute atomic E-state index is 4.93. The lowest BCUT2D eigenvalue weighted by Gasteiger charge is -2.24. The Morgan fingerprint density at radius 3 is 2.84 bits per heavy atom. The average molecular weight is 434 g/mol. The fourth-order valence-corrected chi connectivity index (χ4v) is 5.09. The Hall–Kier alpha value is -2.84. The van der Waals surface area contributed by atoms with Gasteiger partial charge in [0.05, 0.1) is 23.6 Å². The molecular formula is C23H27N7S. The Morgan fingerprint density at radius 1 is 1.16 bits per heavy atom. The number of anilines is 2. The molecule has 0 amide bonds. The van der Waals surface area contributed by atoms with E-state index in [2.05, 4.69) is 57.9 Å². The number of nitrogens with zero attached hydrogens (tertiary/aromatic N) is 6. The number of hydrogen-bond donors (Lipinski definition) is 1. The molecule has 3 aromatic heterocycles. The molecule has 1 unspecified atom stereocenters. The minimum atomic E-state index is 0.198. The molecule has 8 heteroatoms. The molecule has 1 fully saturated rings. The number of hydrogen-bond acceptors (Lipinski definition) is 7. The van der Waals surface area contributed by atoms with Gasteiger partial charge in [0.2, 0.25) is 0 Å². The lowest BCUT2D eigenvalue weighted by molar-refractivity contribution is 0.231. The minimum absolute atomic E-state index is 0.198. The first-order valence-corrected chi connectivity index (χ1v) is 11.7. The Kier molecular flexibility index (Phi) is 5.41. The second-order valence-corrected chi connectivity index (χ2v) is 9.28. The van der Waals surface area contributed by atoms with Gasteiger partial charge < -0.3 is 9.88 Å². The quantitative estimate of drug-likeness (QED) is 0.461. The number of aromatic nitrogens is 5. The summed E-state index contributed by atoms with van der Waals surface area (Å²) in [6.07, 6.45) is 4.08. The third kappa shape index (κ3) is 4.05. The summed E-state index contributed by atoms with van der Waals surface area (Å²) in [7, 11) is 0. The van der Waals surface area contributed by atoms with Crippen LogP contribution in [0.3, 0.4) is 0 Å². The van der Waals surface area contributed by atoms with Crippen LogP contribution in [-0.4, -0.2) is 35.9 Å². The molecular weight excluding hydrogens is 406 g/mol. The molecule has 0 saturated carbocycles. The summed E-state index contributed by atoms with van der Waals surface area (Å²) >= 11 is 1.63. The van der Waals surface area contributed by atoms with E-state index in [-0.39, 0.29) is 6.04 Å². The molecule has 0 aliphatic carbocycles. The smallest absolute Gasteiger partial charge is 0.188 e. The number of thiazole rings is 1. The van der Waals surface area contributed by atoms with Gasteiger partial charge in [0.1, 0.15) is 17.5 Å². The molecule has 1 aliphatic rings. The second kappa shape index (κ2) is 8.36. The first-order valence-electron chi connectivity index (χ1n) is 10.8. The van der Waals surface area contributed by atoms with E-state index < -0.39 is 0 Å². The molecule has 1 N–H and O–H groups in total. The zero-order valence-corrected chi connectivity index (χ0v) is 19.0. The molecule has 0 bridgehead atoms. The number of imidazole rings is 1. The Labute approximate surface area is 186 Å². The van der Waals surface area contributed by atoms with E-state index in [1.54, 1.807) is 11.3 Å².